The van der Waals surface area contributed by atoms with E-state index in [9.17, 15) is 4.79 Å². The Morgan fingerprint density at radius 2 is 1.86 bits per heavy atom. The van der Waals surface area contributed by atoms with Crippen LogP contribution < -0.4 is 4.74 Å². The largest absolute Gasteiger partial charge is 0.497 e. The molecule has 0 spiro atoms. The molecule has 0 radical (unpaired) electrons. The van der Waals surface area contributed by atoms with E-state index in [-0.39, 0.29) is 18.1 Å². The van der Waals surface area contributed by atoms with Crippen molar-refractivity contribution in [1.82, 2.24) is 9.80 Å². The number of hydrogen-bond acceptors (Lipinski definition) is 4. The quantitative estimate of drug-likeness (QED) is 0.831. The second-order valence-electron chi connectivity index (χ2n) is 6.08. The molecule has 0 N–H and O–H groups in total. The van der Waals surface area contributed by atoms with E-state index < -0.39 is 0 Å². The number of hydrogen-bond donors (Lipinski definition) is 0. The van der Waals surface area contributed by atoms with Gasteiger partial charge >= 0.3 is 0 Å². The Kier molecular flexibility index (Phi) is 5.80. The molecule has 22 heavy (non-hydrogen) atoms. The summed E-state index contributed by atoms with van der Waals surface area (Å²) in [5.41, 5.74) is 1.17. The molecular weight excluding hydrogens is 280 g/mol. The lowest BCUT2D eigenvalue weighted by molar-refractivity contribution is -0.144. The van der Waals surface area contributed by atoms with Crippen LogP contribution in [0.25, 0.3) is 0 Å². The third kappa shape index (κ3) is 4.71. The highest BCUT2D eigenvalue weighted by atomic mass is 16.5. The van der Waals surface area contributed by atoms with Gasteiger partial charge in [0.05, 0.1) is 25.9 Å². The third-order valence-electron chi connectivity index (χ3n) is 3.79. The number of benzene rings is 1. The number of methoxy groups -OCH3 is 1. The first-order chi connectivity index (χ1) is 10.5. The van der Waals surface area contributed by atoms with Crippen molar-refractivity contribution >= 4 is 5.91 Å². The maximum atomic E-state index is 12.4. The summed E-state index contributed by atoms with van der Waals surface area (Å²) >= 11 is 0. The molecule has 5 heteroatoms. The average Bonchev–Trinajstić information content (AvgIpc) is 2.47. The minimum Gasteiger partial charge on any atom is -0.497 e. The molecule has 1 aromatic rings. The van der Waals surface area contributed by atoms with Gasteiger partial charge in [0, 0.05) is 19.6 Å². The van der Waals surface area contributed by atoms with Gasteiger partial charge in [-0.2, -0.15) is 0 Å². The topological polar surface area (TPSA) is 42.0 Å². The zero-order valence-electron chi connectivity index (χ0n) is 13.9. The van der Waals surface area contributed by atoms with E-state index in [1.165, 1.54) is 5.56 Å². The summed E-state index contributed by atoms with van der Waals surface area (Å²) in [4.78, 5) is 16.3. The Morgan fingerprint density at radius 1 is 1.27 bits per heavy atom. The fourth-order valence-electron chi connectivity index (χ4n) is 2.81. The van der Waals surface area contributed by atoms with Crippen molar-refractivity contribution in [3.05, 3.63) is 29.8 Å². The molecule has 0 bridgehead atoms. The van der Waals surface area contributed by atoms with Gasteiger partial charge in [0.25, 0.3) is 0 Å². The van der Waals surface area contributed by atoms with Crippen LogP contribution in [0.5, 0.6) is 5.75 Å². The van der Waals surface area contributed by atoms with Crippen LogP contribution in [-0.2, 0) is 16.1 Å². The second-order valence-corrected chi connectivity index (χ2v) is 6.08. The number of nitrogens with zero attached hydrogens (tertiary/aromatic N) is 2. The summed E-state index contributed by atoms with van der Waals surface area (Å²) in [7, 11) is 3.62. The first-order valence-electron chi connectivity index (χ1n) is 7.72. The van der Waals surface area contributed by atoms with E-state index >= 15 is 0 Å². The maximum Gasteiger partial charge on any atom is 0.236 e. The highest BCUT2D eigenvalue weighted by Gasteiger charge is 2.26. The average molecular weight is 306 g/mol. The van der Waals surface area contributed by atoms with E-state index in [2.05, 4.69) is 0 Å². The summed E-state index contributed by atoms with van der Waals surface area (Å²) in [6.07, 6.45) is 0.221. The maximum absolute atomic E-state index is 12.4. The fraction of sp³-hybridized carbons (Fsp3) is 0.588. The number of rotatable bonds is 5. The van der Waals surface area contributed by atoms with Crippen LogP contribution in [-0.4, -0.2) is 61.7 Å². The minimum atomic E-state index is 0.111. The second kappa shape index (κ2) is 7.61. The van der Waals surface area contributed by atoms with Gasteiger partial charge in [-0.3, -0.25) is 9.69 Å². The molecule has 0 saturated carbocycles. The van der Waals surface area contributed by atoms with E-state index in [0.29, 0.717) is 19.6 Å². The van der Waals surface area contributed by atoms with Gasteiger partial charge in [-0.05, 0) is 38.6 Å². The molecule has 2 rings (SSSR count). The van der Waals surface area contributed by atoms with Crippen LogP contribution in [0.1, 0.15) is 19.4 Å². The molecule has 1 fully saturated rings. The van der Waals surface area contributed by atoms with Crippen molar-refractivity contribution in [3.8, 4) is 5.75 Å². The van der Waals surface area contributed by atoms with Crippen LogP contribution in [0.3, 0.4) is 0 Å². The molecule has 0 aliphatic carbocycles. The molecule has 5 nitrogen and oxygen atoms in total. The molecule has 1 amide bonds. The van der Waals surface area contributed by atoms with Crippen LogP contribution >= 0.6 is 0 Å². The smallest absolute Gasteiger partial charge is 0.236 e. The predicted octanol–water partition coefficient (Wildman–Crippen LogP) is 1.76. The van der Waals surface area contributed by atoms with Crippen molar-refractivity contribution in [2.24, 2.45) is 0 Å². The highest BCUT2D eigenvalue weighted by molar-refractivity contribution is 5.78. The number of carbonyl (C=O) groups is 1. The van der Waals surface area contributed by atoms with Crippen molar-refractivity contribution in [2.75, 3.05) is 33.8 Å². The molecule has 1 aliphatic rings. The van der Waals surface area contributed by atoms with E-state index in [1.54, 1.807) is 7.11 Å². The fourth-order valence-corrected chi connectivity index (χ4v) is 2.81. The van der Waals surface area contributed by atoms with E-state index in [1.807, 2.05) is 55.0 Å². The summed E-state index contributed by atoms with van der Waals surface area (Å²) in [5, 5.41) is 0. The van der Waals surface area contributed by atoms with Crippen LogP contribution in [0.15, 0.2) is 24.3 Å². The van der Waals surface area contributed by atoms with Crippen LogP contribution in [0, 0.1) is 0 Å². The number of morpholine rings is 1. The number of likely N-dealkylation sites (N-methyl/N-ethyl adjacent to an activating group) is 1. The third-order valence-corrected chi connectivity index (χ3v) is 3.79. The van der Waals surface area contributed by atoms with Crippen molar-refractivity contribution in [3.63, 3.8) is 0 Å². The molecule has 0 aromatic heterocycles. The Bertz CT molecular complexity index is 479. The zero-order valence-corrected chi connectivity index (χ0v) is 13.9. The van der Waals surface area contributed by atoms with Gasteiger partial charge in [0.1, 0.15) is 5.75 Å². The van der Waals surface area contributed by atoms with Gasteiger partial charge in [0.2, 0.25) is 5.91 Å². The Hall–Kier alpha value is -1.59. The molecule has 2 unspecified atom stereocenters. The molecule has 1 heterocycles. The molecule has 2 atom stereocenters. The van der Waals surface area contributed by atoms with Gasteiger partial charge in [-0.25, -0.2) is 0 Å². The summed E-state index contributed by atoms with van der Waals surface area (Å²) in [5.74, 6) is 1.01. The molecule has 122 valence electrons. The SMILES string of the molecule is COc1ccc(CN(C)CC(=O)N2CC(C)OC(C)C2)cc1. The predicted molar refractivity (Wildman–Crippen MR) is 85.9 cm³/mol. The standard InChI is InChI=1S/C17H26N2O3/c1-13-9-19(10-14(2)22-13)17(20)12-18(3)11-15-5-7-16(21-4)8-6-15/h5-8,13-14H,9-12H2,1-4H3. The number of carbonyl (C=O) groups excluding carboxylic acids is 1. The lowest BCUT2D eigenvalue weighted by Gasteiger charge is -2.36. The molecule has 1 aromatic carbocycles. The molecular formula is C17H26N2O3. The van der Waals surface area contributed by atoms with Gasteiger partial charge in [-0.1, -0.05) is 12.1 Å². The summed E-state index contributed by atoms with van der Waals surface area (Å²) in [6, 6.07) is 7.93. The Labute approximate surface area is 132 Å². The normalized spacial score (nSPS) is 22.0. The Balaban J connectivity index is 1.85. The molecule has 1 aliphatic heterocycles. The van der Waals surface area contributed by atoms with Crippen LogP contribution in [0.2, 0.25) is 0 Å². The van der Waals surface area contributed by atoms with Crippen molar-refractivity contribution < 1.29 is 14.3 Å². The van der Waals surface area contributed by atoms with Gasteiger partial charge in [0.15, 0.2) is 0 Å². The summed E-state index contributed by atoms with van der Waals surface area (Å²) < 4.78 is 10.8. The van der Waals surface area contributed by atoms with Gasteiger partial charge in [-0.15, -0.1) is 0 Å². The van der Waals surface area contributed by atoms with E-state index in [4.69, 9.17) is 9.47 Å². The minimum absolute atomic E-state index is 0.111. The number of ether oxygens (including phenoxy) is 2. The van der Waals surface area contributed by atoms with Crippen molar-refractivity contribution in [2.45, 2.75) is 32.6 Å². The Morgan fingerprint density at radius 3 is 2.41 bits per heavy atom. The van der Waals surface area contributed by atoms with E-state index in [0.717, 1.165) is 12.3 Å². The van der Waals surface area contributed by atoms with Gasteiger partial charge < -0.3 is 14.4 Å². The number of amides is 1. The first-order valence-corrected chi connectivity index (χ1v) is 7.72. The monoisotopic (exact) mass is 306 g/mol. The summed E-state index contributed by atoms with van der Waals surface area (Å²) in [6.45, 7) is 6.55. The van der Waals surface area contributed by atoms with Crippen LogP contribution in [0.4, 0.5) is 0 Å². The molecule has 1 saturated heterocycles. The zero-order chi connectivity index (χ0) is 16.1. The lowest BCUT2D eigenvalue weighted by atomic mass is 10.2. The van der Waals surface area contributed by atoms with Crippen molar-refractivity contribution in [1.29, 1.82) is 0 Å². The lowest BCUT2D eigenvalue weighted by Crippen LogP contribution is -2.50. The first kappa shape index (κ1) is 16.8. The highest BCUT2D eigenvalue weighted by Crippen LogP contribution is 2.14.